The number of benzene rings is 1. The minimum absolute atomic E-state index is 0.0970. The van der Waals surface area contributed by atoms with Crippen LogP contribution < -0.4 is 10.2 Å². The molecule has 0 unspecified atom stereocenters. The number of aryl methyl sites for hydroxylation is 1. The first kappa shape index (κ1) is 23.4. The summed E-state index contributed by atoms with van der Waals surface area (Å²) in [6.07, 6.45) is 2.54. The Hall–Kier alpha value is -3.76. The van der Waals surface area contributed by atoms with Crippen LogP contribution in [0, 0.1) is 18.7 Å². The Balaban J connectivity index is 1.31. The van der Waals surface area contributed by atoms with Crippen molar-refractivity contribution in [3.63, 3.8) is 0 Å². The third-order valence-electron chi connectivity index (χ3n) is 5.20. The van der Waals surface area contributed by atoms with Crippen LogP contribution in [-0.4, -0.2) is 64.1 Å². The Morgan fingerprint density at radius 3 is 2.65 bits per heavy atom. The molecule has 2 amide bonds. The summed E-state index contributed by atoms with van der Waals surface area (Å²) in [5.74, 6) is 0.151. The van der Waals surface area contributed by atoms with Crippen molar-refractivity contribution in [1.82, 2.24) is 19.9 Å². The molecular formula is C23H27FN6O4. The van der Waals surface area contributed by atoms with Crippen molar-refractivity contribution in [1.29, 1.82) is 0 Å². The van der Waals surface area contributed by atoms with Gasteiger partial charge in [-0.15, -0.1) is 0 Å². The fraction of sp³-hybridized carbons (Fsp3) is 0.435. The van der Waals surface area contributed by atoms with Crippen molar-refractivity contribution in [2.75, 3.05) is 36.9 Å². The number of amides is 2. The SMILES string of the molecule is Cc1nc2c(F)cc(NC(=O)c3cnc(N4CC(CN(C)C(=O)OC(C)(C)C)C4)cn3)cc2o1. The van der Waals surface area contributed by atoms with Crippen molar-refractivity contribution in [3.05, 3.63) is 41.9 Å². The molecule has 0 saturated carbocycles. The lowest BCUT2D eigenvalue weighted by Gasteiger charge is -2.41. The van der Waals surface area contributed by atoms with Crippen LogP contribution in [0.4, 0.5) is 20.7 Å². The summed E-state index contributed by atoms with van der Waals surface area (Å²) in [5, 5.41) is 2.60. The third-order valence-corrected chi connectivity index (χ3v) is 5.20. The maximum Gasteiger partial charge on any atom is 0.410 e. The van der Waals surface area contributed by atoms with Gasteiger partial charge in [0, 0.05) is 51.3 Å². The third kappa shape index (κ3) is 5.24. The largest absolute Gasteiger partial charge is 0.444 e. The van der Waals surface area contributed by atoms with Crippen molar-refractivity contribution in [2.45, 2.75) is 33.3 Å². The Morgan fingerprint density at radius 1 is 1.26 bits per heavy atom. The molecule has 3 heterocycles. The molecule has 1 aromatic carbocycles. The Bertz CT molecular complexity index is 1210. The first-order valence-electron chi connectivity index (χ1n) is 10.9. The molecule has 1 saturated heterocycles. The topological polar surface area (TPSA) is 114 Å². The molecule has 0 radical (unpaired) electrons. The molecule has 0 atom stereocenters. The van der Waals surface area contributed by atoms with Gasteiger partial charge in [0.15, 0.2) is 17.3 Å². The van der Waals surface area contributed by atoms with Crippen LogP contribution in [-0.2, 0) is 4.74 Å². The second kappa shape index (κ2) is 8.88. The fourth-order valence-corrected chi connectivity index (χ4v) is 3.64. The van der Waals surface area contributed by atoms with E-state index in [0.717, 1.165) is 0 Å². The Labute approximate surface area is 196 Å². The summed E-state index contributed by atoms with van der Waals surface area (Å²) in [5.41, 5.74) is 0.163. The minimum atomic E-state index is -0.587. The normalized spacial score (nSPS) is 14.1. The maximum absolute atomic E-state index is 14.2. The number of anilines is 2. The molecule has 2 aromatic heterocycles. The van der Waals surface area contributed by atoms with Gasteiger partial charge in [0.05, 0.1) is 12.4 Å². The fourth-order valence-electron chi connectivity index (χ4n) is 3.64. The molecule has 1 aliphatic heterocycles. The zero-order valence-corrected chi connectivity index (χ0v) is 19.8. The molecule has 0 bridgehead atoms. The summed E-state index contributed by atoms with van der Waals surface area (Å²) in [6.45, 7) is 9.12. The highest BCUT2D eigenvalue weighted by Gasteiger charge is 2.31. The number of fused-ring (bicyclic) bond motifs is 1. The molecular weight excluding hydrogens is 443 g/mol. The lowest BCUT2D eigenvalue weighted by Crippen LogP contribution is -2.52. The van der Waals surface area contributed by atoms with Crippen molar-refractivity contribution >= 4 is 34.6 Å². The molecule has 4 rings (SSSR count). The van der Waals surface area contributed by atoms with Gasteiger partial charge in [0.2, 0.25) is 0 Å². The van der Waals surface area contributed by atoms with E-state index >= 15 is 0 Å². The number of hydrogen-bond acceptors (Lipinski definition) is 8. The smallest absolute Gasteiger partial charge is 0.410 e. The van der Waals surface area contributed by atoms with E-state index in [1.165, 1.54) is 24.5 Å². The highest BCUT2D eigenvalue weighted by Crippen LogP contribution is 2.25. The lowest BCUT2D eigenvalue weighted by molar-refractivity contribution is 0.0265. The molecule has 10 nitrogen and oxygen atoms in total. The molecule has 180 valence electrons. The number of aromatic nitrogens is 3. The zero-order valence-electron chi connectivity index (χ0n) is 19.8. The number of nitrogens with one attached hydrogen (secondary N) is 1. The Morgan fingerprint density at radius 2 is 2.00 bits per heavy atom. The maximum atomic E-state index is 14.2. The van der Waals surface area contributed by atoms with Gasteiger partial charge in [0.1, 0.15) is 22.6 Å². The van der Waals surface area contributed by atoms with Gasteiger partial charge in [0.25, 0.3) is 5.91 Å². The first-order valence-corrected chi connectivity index (χ1v) is 10.9. The first-order chi connectivity index (χ1) is 16.0. The van der Waals surface area contributed by atoms with Gasteiger partial charge in [-0.1, -0.05) is 0 Å². The van der Waals surface area contributed by atoms with E-state index in [1.54, 1.807) is 18.9 Å². The van der Waals surface area contributed by atoms with Crippen molar-refractivity contribution < 1.29 is 23.1 Å². The average molecular weight is 471 g/mol. The van der Waals surface area contributed by atoms with E-state index in [-0.39, 0.29) is 34.5 Å². The summed E-state index contributed by atoms with van der Waals surface area (Å²) in [7, 11) is 1.72. The molecule has 1 aliphatic rings. The summed E-state index contributed by atoms with van der Waals surface area (Å²) < 4.78 is 24.9. The molecule has 3 aromatic rings. The van der Waals surface area contributed by atoms with Gasteiger partial charge >= 0.3 is 6.09 Å². The highest BCUT2D eigenvalue weighted by atomic mass is 19.1. The number of hydrogen-bond donors (Lipinski definition) is 1. The zero-order chi connectivity index (χ0) is 24.6. The van der Waals surface area contributed by atoms with Gasteiger partial charge in [-0.05, 0) is 26.8 Å². The number of carbonyl (C=O) groups excluding carboxylic acids is 2. The van der Waals surface area contributed by atoms with Crippen molar-refractivity contribution in [2.24, 2.45) is 5.92 Å². The molecule has 0 aliphatic carbocycles. The predicted molar refractivity (Wildman–Crippen MR) is 123 cm³/mol. The van der Waals surface area contributed by atoms with Crippen LogP contribution in [0.2, 0.25) is 0 Å². The molecule has 1 N–H and O–H groups in total. The van der Waals surface area contributed by atoms with Gasteiger partial charge < -0.3 is 24.3 Å². The van der Waals surface area contributed by atoms with Crippen LogP contribution in [0.3, 0.4) is 0 Å². The van der Waals surface area contributed by atoms with E-state index in [0.29, 0.717) is 31.3 Å². The average Bonchev–Trinajstić information content (AvgIpc) is 3.10. The standard InChI is InChI=1S/C23H27FN6O4/c1-13-27-20-16(24)6-15(7-18(20)33-13)28-21(31)17-8-26-19(9-25-17)30-11-14(12-30)10-29(5)22(32)34-23(2,3)4/h6-9,14H,10-12H2,1-5H3,(H,28,31). The number of ether oxygens (including phenoxy) is 1. The predicted octanol–water partition coefficient (Wildman–Crippen LogP) is 3.62. The van der Waals surface area contributed by atoms with Crippen LogP contribution in [0.15, 0.2) is 28.9 Å². The quantitative estimate of drug-likeness (QED) is 0.602. The number of oxazole rings is 1. The van der Waals surface area contributed by atoms with Crippen molar-refractivity contribution in [3.8, 4) is 0 Å². The summed E-state index contributed by atoms with van der Waals surface area (Å²) >= 11 is 0. The van der Waals surface area contributed by atoms with E-state index in [2.05, 4.69) is 20.3 Å². The van der Waals surface area contributed by atoms with E-state index in [9.17, 15) is 14.0 Å². The molecule has 11 heteroatoms. The number of rotatable bonds is 5. The monoisotopic (exact) mass is 470 g/mol. The van der Waals surface area contributed by atoms with E-state index < -0.39 is 17.3 Å². The van der Waals surface area contributed by atoms with Gasteiger partial charge in [-0.3, -0.25) is 4.79 Å². The minimum Gasteiger partial charge on any atom is -0.444 e. The number of nitrogens with zero attached hydrogens (tertiary/aromatic N) is 5. The number of carbonyl (C=O) groups is 2. The van der Waals surface area contributed by atoms with E-state index in [4.69, 9.17) is 9.15 Å². The second-order valence-electron chi connectivity index (χ2n) is 9.38. The molecule has 0 spiro atoms. The van der Waals surface area contributed by atoms with Gasteiger partial charge in [-0.2, -0.15) is 0 Å². The summed E-state index contributed by atoms with van der Waals surface area (Å²) in [6, 6.07) is 2.69. The van der Waals surface area contributed by atoms with Crippen LogP contribution in [0.25, 0.3) is 11.1 Å². The lowest BCUT2D eigenvalue weighted by atomic mass is 10.00. The molecule has 1 fully saturated rings. The van der Waals surface area contributed by atoms with E-state index in [1.807, 2.05) is 25.7 Å². The van der Waals surface area contributed by atoms with Crippen LogP contribution in [0.5, 0.6) is 0 Å². The van der Waals surface area contributed by atoms with Crippen LogP contribution >= 0.6 is 0 Å². The summed E-state index contributed by atoms with van der Waals surface area (Å²) in [4.78, 5) is 40.7. The van der Waals surface area contributed by atoms with Crippen LogP contribution in [0.1, 0.15) is 37.2 Å². The Kier molecular flexibility index (Phi) is 6.11. The number of halogens is 1. The van der Waals surface area contributed by atoms with Gasteiger partial charge in [-0.25, -0.2) is 24.1 Å². The highest BCUT2D eigenvalue weighted by molar-refractivity contribution is 6.03. The molecule has 34 heavy (non-hydrogen) atoms. The second-order valence-corrected chi connectivity index (χ2v) is 9.38.